The zero-order valence-corrected chi connectivity index (χ0v) is 16.7. The topological polar surface area (TPSA) is 67.2 Å². The molecule has 0 aliphatic carbocycles. The van der Waals surface area contributed by atoms with E-state index in [9.17, 15) is 4.79 Å². The van der Waals surface area contributed by atoms with E-state index in [1.54, 1.807) is 18.6 Å². The smallest absolute Gasteiger partial charge is 0.255 e. The minimum absolute atomic E-state index is 0.0618. The Morgan fingerprint density at radius 2 is 2.14 bits per heavy atom. The Morgan fingerprint density at radius 1 is 1.21 bits per heavy atom. The van der Waals surface area contributed by atoms with Gasteiger partial charge in [-0.2, -0.15) is 0 Å². The van der Waals surface area contributed by atoms with Crippen molar-refractivity contribution in [2.75, 3.05) is 25.0 Å². The molecule has 1 fully saturated rings. The van der Waals surface area contributed by atoms with E-state index in [0.29, 0.717) is 18.0 Å². The Labute approximate surface area is 171 Å². The van der Waals surface area contributed by atoms with Crippen LogP contribution in [0.3, 0.4) is 0 Å². The van der Waals surface area contributed by atoms with Gasteiger partial charge in [-0.25, -0.2) is 9.97 Å². The predicted molar refractivity (Wildman–Crippen MR) is 111 cm³/mol. The number of hydrogen-bond acceptors (Lipinski definition) is 5. The molecule has 1 aliphatic heterocycles. The third kappa shape index (κ3) is 4.80. The molecular formula is C22H26N6O. The van der Waals surface area contributed by atoms with Gasteiger partial charge in [-0.05, 0) is 43.0 Å². The second-order valence-electron chi connectivity index (χ2n) is 7.60. The van der Waals surface area contributed by atoms with Gasteiger partial charge in [0.25, 0.3) is 5.91 Å². The lowest BCUT2D eigenvalue weighted by Crippen LogP contribution is -2.41. The monoisotopic (exact) mass is 390 g/mol. The van der Waals surface area contributed by atoms with E-state index in [2.05, 4.69) is 19.5 Å². The summed E-state index contributed by atoms with van der Waals surface area (Å²) in [5.41, 5.74) is 1.62. The summed E-state index contributed by atoms with van der Waals surface area (Å²) in [7, 11) is 1.98. The lowest BCUT2D eigenvalue weighted by Gasteiger charge is -2.33. The van der Waals surface area contributed by atoms with E-state index in [-0.39, 0.29) is 5.91 Å². The molecule has 1 aliphatic rings. The standard InChI is InChI=1S/C22H26N6O/c1-26(16-20-6-2-3-9-24-20)21-8-7-19(13-25-21)22(29)28-11-4-5-18(15-28)14-27-12-10-23-17-27/h2-3,6-10,12-13,17-18H,4-5,11,14-16H2,1H3. The number of piperidine rings is 1. The van der Waals surface area contributed by atoms with Crippen LogP contribution < -0.4 is 4.90 Å². The van der Waals surface area contributed by atoms with Crippen LogP contribution in [-0.4, -0.2) is 50.5 Å². The number of nitrogens with zero attached hydrogens (tertiary/aromatic N) is 6. The van der Waals surface area contributed by atoms with Gasteiger partial charge in [-0.1, -0.05) is 6.07 Å². The van der Waals surface area contributed by atoms with Crippen LogP contribution in [-0.2, 0) is 13.1 Å². The van der Waals surface area contributed by atoms with Gasteiger partial charge in [0, 0.05) is 51.5 Å². The number of rotatable bonds is 6. The second kappa shape index (κ2) is 8.86. The summed E-state index contributed by atoms with van der Waals surface area (Å²) in [6.07, 6.45) is 11.3. The number of pyridine rings is 2. The van der Waals surface area contributed by atoms with Crippen molar-refractivity contribution in [2.45, 2.75) is 25.9 Å². The average Bonchev–Trinajstić information content (AvgIpc) is 3.27. The summed E-state index contributed by atoms with van der Waals surface area (Å²) < 4.78 is 2.09. The summed E-state index contributed by atoms with van der Waals surface area (Å²) in [6, 6.07) is 9.65. The summed E-state index contributed by atoms with van der Waals surface area (Å²) >= 11 is 0. The molecule has 1 unspecified atom stereocenters. The van der Waals surface area contributed by atoms with Crippen LogP contribution in [0.4, 0.5) is 5.82 Å². The van der Waals surface area contributed by atoms with Gasteiger partial charge in [0.2, 0.25) is 0 Å². The molecule has 1 amide bonds. The van der Waals surface area contributed by atoms with Crippen LogP contribution in [0, 0.1) is 5.92 Å². The normalized spacial score (nSPS) is 16.6. The molecule has 0 aromatic carbocycles. The Balaban J connectivity index is 1.37. The molecule has 29 heavy (non-hydrogen) atoms. The van der Waals surface area contributed by atoms with Crippen molar-refractivity contribution in [2.24, 2.45) is 5.92 Å². The number of hydrogen-bond donors (Lipinski definition) is 0. The van der Waals surface area contributed by atoms with Crippen LogP contribution in [0.15, 0.2) is 61.4 Å². The van der Waals surface area contributed by atoms with Crippen molar-refractivity contribution in [3.63, 3.8) is 0 Å². The molecular weight excluding hydrogens is 364 g/mol. The van der Waals surface area contributed by atoms with Gasteiger partial charge in [0.05, 0.1) is 24.1 Å². The van der Waals surface area contributed by atoms with Gasteiger partial charge in [-0.3, -0.25) is 9.78 Å². The fraction of sp³-hybridized carbons (Fsp3) is 0.364. The van der Waals surface area contributed by atoms with E-state index in [1.165, 1.54) is 0 Å². The maximum atomic E-state index is 13.0. The first-order chi connectivity index (χ1) is 14.2. The molecule has 1 atom stereocenters. The number of carbonyl (C=O) groups excluding carboxylic acids is 1. The van der Waals surface area contributed by atoms with Crippen LogP contribution in [0.5, 0.6) is 0 Å². The van der Waals surface area contributed by atoms with Gasteiger partial charge in [-0.15, -0.1) is 0 Å². The minimum Gasteiger partial charge on any atom is -0.354 e. The highest BCUT2D eigenvalue weighted by Crippen LogP contribution is 2.21. The van der Waals surface area contributed by atoms with Gasteiger partial charge in [0.15, 0.2) is 0 Å². The Bertz CT molecular complexity index is 910. The van der Waals surface area contributed by atoms with Gasteiger partial charge < -0.3 is 14.4 Å². The number of anilines is 1. The molecule has 4 heterocycles. The highest BCUT2D eigenvalue weighted by molar-refractivity contribution is 5.94. The number of carbonyl (C=O) groups is 1. The van der Waals surface area contributed by atoms with Crippen molar-refractivity contribution in [3.8, 4) is 0 Å². The highest BCUT2D eigenvalue weighted by Gasteiger charge is 2.25. The largest absolute Gasteiger partial charge is 0.354 e. The molecule has 3 aromatic rings. The van der Waals surface area contributed by atoms with E-state index in [1.807, 2.05) is 59.7 Å². The molecule has 0 spiro atoms. The molecule has 7 nitrogen and oxygen atoms in total. The number of likely N-dealkylation sites (tertiary alicyclic amines) is 1. The summed E-state index contributed by atoms with van der Waals surface area (Å²) in [5.74, 6) is 1.34. The molecule has 1 saturated heterocycles. The predicted octanol–water partition coefficient (Wildman–Crippen LogP) is 2.86. The highest BCUT2D eigenvalue weighted by atomic mass is 16.2. The maximum Gasteiger partial charge on any atom is 0.255 e. The van der Waals surface area contributed by atoms with Gasteiger partial charge in [0.1, 0.15) is 5.82 Å². The van der Waals surface area contributed by atoms with Crippen LogP contribution in [0.25, 0.3) is 0 Å². The number of aromatic nitrogens is 4. The van der Waals surface area contributed by atoms with E-state index < -0.39 is 0 Å². The maximum absolute atomic E-state index is 13.0. The molecule has 0 N–H and O–H groups in total. The van der Waals surface area contributed by atoms with Crippen molar-refractivity contribution in [1.29, 1.82) is 0 Å². The second-order valence-corrected chi connectivity index (χ2v) is 7.60. The Kier molecular flexibility index (Phi) is 5.84. The third-order valence-corrected chi connectivity index (χ3v) is 5.35. The average molecular weight is 390 g/mol. The minimum atomic E-state index is 0.0618. The Morgan fingerprint density at radius 3 is 2.86 bits per heavy atom. The number of amides is 1. The fourth-order valence-electron chi connectivity index (χ4n) is 3.83. The van der Waals surface area contributed by atoms with Crippen LogP contribution >= 0.6 is 0 Å². The molecule has 0 radical (unpaired) electrons. The van der Waals surface area contributed by atoms with Crippen molar-refractivity contribution in [1.82, 2.24) is 24.4 Å². The third-order valence-electron chi connectivity index (χ3n) is 5.35. The molecule has 0 bridgehead atoms. The zero-order valence-electron chi connectivity index (χ0n) is 16.7. The summed E-state index contributed by atoms with van der Waals surface area (Å²) in [4.78, 5) is 29.9. The van der Waals surface area contributed by atoms with Crippen molar-refractivity contribution >= 4 is 11.7 Å². The molecule has 3 aromatic heterocycles. The SMILES string of the molecule is CN(Cc1ccccn1)c1ccc(C(=O)N2CCCC(Cn3ccnc3)C2)cn1. The van der Waals surface area contributed by atoms with E-state index in [0.717, 1.165) is 44.0 Å². The van der Waals surface area contributed by atoms with Crippen molar-refractivity contribution in [3.05, 3.63) is 72.7 Å². The summed E-state index contributed by atoms with van der Waals surface area (Å²) in [6.45, 7) is 3.15. The Hall–Kier alpha value is -3.22. The van der Waals surface area contributed by atoms with Crippen LogP contribution in [0.2, 0.25) is 0 Å². The lowest BCUT2D eigenvalue weighted by atomic mass is 9.97. The summed E-state index contributed by atoms with van der Waals surface area (Å²) in [5, 5.41) is 0. The van der Waals surface area contributed by atoms with E-state index in [4.69, 9.17) is 0 Å². The molecule has 7 heteroatoms. The van der Waals surface area contributed by atoms with Crippen molar-refractivity contribution < 1.29 is 4.79 Å². The molecule has 150 valence electrons. The first-order valence-electron chi connectivity index (χ1n) is 10.0. The lowest BCUT2D eigenvalue weighted by molar-refractivity contribution is 0.0662. The van der Waals surface area contributed by atoms with Crippen LogP contribution in [0.1, 0.15) is 28.9 Å². The fourth-order valence-corrected chi connectivity index (χ4v) is 3.83. The zero-order chi connectivity index (χ0) is 20.1. The molecule has 0 saturated carbocycles. The quantitative estimate of drug-likeness (QED) is 0.647. The van der Waals surface area contributed by atoms with E-state index >= 15 is 0 Å². The molecule has 4 rings (SSSR count). The number of imidazole rings is 1. The first-order valence-corrected chi connectivity index (χ1v) is 10.0. The first kappa shape index (κ1) is 19.1. The van der Waals surface area contributed by atoms with Gasteiger partial charge >= 0.3 is 0 Å².